The number of nitrogens with zero attached hydrogens (tertiary/aromatic N) is 4. The van der Waals surface area contributed by atoms with E-state index in [0.29, 0.717) is 12.5 Å². The molecular weight excluding hydrogens is 408 g/mol. The lowest BCUT2D eigenvalue weighted by atomic mass is 10.0. The largest absolute Gasteiger partial charge is 0.354 e. The topological polar surface area (TPSA) is 77.3 Å². The van der Waals surface area contributed by atoms with Crippen molar-refractivity contribution < 1.29 is 0 Å². The van der Waals surface area contributed by atoms with E-state index >= 15 is 0 Å². The molecule has 1 aromatic heterocycles. The number of hydrogen-bond donors (Lipinski definition) is 2. The highest BCUT2D eigenvalue weighted by molar-refractivity contribution is 6.30. The third-order valence-electron chi connectivity index (χ3n) is 5.81. The minimum atomic E-state index is 0.458. The van der Waals surface area contributed by atoms with Crippen molar-refractivity contribution in [1.82, 2.24) is 15.5 Å². The molecule has 0 aliphatic carbocycles. The van der Waals surface area contributed by atoms with Gasteiger partial charge in [-0.3, -0.25) is 4.99 Å². The molecule has 0 spiro atoms. The molecule has 1 saturated heterocycles. The van der Waals surface area contributed by atoms with Gasteiger partial charge in [-0.15, -0.1) is 10.2 Å². The number of hydrogen-bond acceptors (Lipinski definition) is 6. The van der Waals surface area contributed by atoms with Gasteiger partial charge in [-0.1, -0.05) is 48.0 Å². The first-order chi connectivity index (χ1) is 15.2. The average Bonchev–Trinajstić information content (AvgIpc) is 2.82. The fourth-order valence-electron chi connectivity index (χ4n) is 4.09. The van der Waals surface area contributed by atoms with Crippen molar-refractivity contribution in [2.75, 3.05) is 25.0 Å². The molecule has 1 aliphatic rings. The van der Waals surface area contributed by atoms with Gasteiger partial charge in [-0.2, -0.15) is 0 Å². The summed E-state index contributed by atoms with van der Waals surface area (Å²) in [5.41, 5.74) is 2.80. The predicted molar refractivity (Wildman–Crippen MR) is 129 cm³/mol. The number of halogens is 1. The number of fused-ring (bicyclic) bond motifs is 1. The zero-order valence-corrected chi connectivity index (χ0v) is 18.4. The van der Waals surface area contributed by atoms with Crippen molar-refractivity contribution >= 4 is 40.1 Å². The first-order valence-corrected chi connectivity index (χ1v) is 11.0. The molecule has 2 N–H and O–H groups in total. The van der Waals surface area contributed by atoms with E-state index in [1.54, 1.807) is 7.05 Å². The quantitative estimate of drug-likeness (QED) is 0.536. The Labute approximate surface area is 187 Å². The Morgan fingerprint density at radius 1 is 1.13 bits per heavy atom. The summed E-state index contributed by atoms with van der Waals surface area (Å²) in [6, 6.07) is 16.7. The molecule has 31 heavy (non-hydrogen) atoms. The fraction of sp³-hybridized carbons (Fsp3) is 0.333. The Morgan fingerprint density at radius 3 is 2.52 bits per heavy atom. The van der Waals surface area contributed by atoms with Gasteiger partial charge in [0, 0.05) is 61.2 Å². The minimum absolute atomic E-state index is 0.458. The number of aliphatic imine (C=N–C) groups is 1. The van der Waals surface area contributed by atoms with Crippen molar-refractivity contribution in [3.63, 3.8) is 0 Å². The van der Waals surface area contributed by atoms with Crippen LogP contribution in [0.25, 0.3) is 10.8 Å². The van der Waals surface area contributed by atoms with Crippen LogP contribution in [0, 0.1) is 5.41 Å². The van der Waals surface area contributed by atoms with Crippen molar-refractivity contribution in [2.45, 2.75) is 31.8 Å². The van der Waals surface area contributed by atoms with Crippen LogP contribution in [0.1, 0.15) is 30.5 Å². The van der Waals surface area contributed by atoms with Crippen LogP contribution in [0.2, 0.25) is 5.02 Å². The molecule has 0 atom stereocenters. The molecule has 0 saturated carbocycles. The molecule has 7 heteroatoms. The van der Waals surface area contributed by atoms with Gasteiger partial charge in [0.1, 0.15) is 5.69 Å². The third-order valence-corrected chi connectivity index (χ3v) is 6.06. The number of benzene rings is 2. The molecule has 160 valence electrons. The van der Waals surface area contributed by atoms with Crippen LogP contribution in [-0.2, 0) is 6.54 Å². The van der Waals surface area contributed by atoms with Gasteiger partial charge in [0.25, 0.3) is 0 Å². The van der Waals surface area contributed by atoms with Crippen LogP contribution in [0.3, 0.4) is 0 Å². The second-order valence-corrected chi connectivity index (χ2v) is 8.20. The molecule has 2 heterocycles. The van der Waals surface area contributed by atoms with Crippen LogP contribution >= 0.6 is 11.6 Å². The lowest BCUT2D eigenvalue weighted by molar-refractivity contribution is 0.413. The molecule has 0 amide bonds. The number of nitrogens with one attached hydrogen (secondary N) is 2. The zero-order chi connectivity index (χ0) is 21.6. The monoisotopic (exact) mass is 434 g/mol. The van der Waals surface area contributed by atoms with E-state index in [0.717, 1.165) is 65.5 Å². The van der Waals surface area contributed by atoms with E-state index in [4.69, 9.17) is 17.0 Å². The second kappa shape index (κ2) is 9.98. The molecule has 0 unspecified atom stereocenters. The highest BCUT2D eigenvalue weighted by atomic mass is 35.5. The first-order valence-electron chi connectivity index (χ1n) is 10.6. The molecule has 4 rings (SSSR count). The van der Waals surface area contributed by atoms with Gasteiger partial charge in [-0.25, -0.2) is 0 Å². The Kier molecular flexibility index (Phi) is 6.89. The third kappa shape index (κ3) is 4.92. The number of aromatic nitrogens is 2. The van der Waals surface area contributed by atoms with E-state index < -0.39 is 0 Å². The maximum atomic E-state index is 7.44. The van der Waals surface area contributed by atoms with Gasteiger partial charge in [0.05, 0.1) is 5.71 Å². The lowest BCUT2D eigenvalue weighted by Gasteiger charge is -2.33. The number of piperidine rings is 1. The highest BCUT2D eigenvalue weighted by Crippen LogP contribution is 2.28. The SMILES string of the molecule is CN=C(CC=N)c1nnc(N2CCC(NCc3ccc(Cl)cc3)CC2)c2ccccc12. The van der Waals surface area contributed by atoms with Crippen molar-refractivity contribution in [1.29, 1.82) is 5.41 Å². The van der Waals surface area contributed by atoms with Gasteiger partial charge in [-0.05, 0) is 30.5 Å². The van der Waals surface area contributed by atoms with Gasteiger partial charge < -0.3 is 15.6 Å². The molecular formula is C24H27ClN6. The highest BCUT2D eigenvalue weighted by Gasteiger charge is 2.23. The molecule has 0 radical (unpaired) electrons. The van der Waals surface area contributed by atoms with Gasteiger partial charge in [0.15, 0.2) is 5.82 Å². The van der Waals surface area contributed by atoms with Crippen LogP contribution < -0.4 is 10.2 Å². The van der Waals surface area contributed by atoms with Crippen LogP contribution in [0.15, 0.2) is 53.5 Å². The summed E-state index contributed by atoms with van der Waals surface area (Å²) in [7, 11) is 1.74. The minimum Gasteiger partial charge on any atom is -0.354 e. The van der Waals surface area contributed by atoms with E-state index in [-0.39, 0.29) is 0 Å². The maximum Gasteiger partial charge on any atom is 0.159 e. The summed E-state index contributed by atoms with van der Waals surface area (Å²) in [6.07, 6.45) is 3.93. The average molecular weight is 435 g/mol. The smallest absolute Gasteiger partial charge is 0.159 e. The summed E-state index contributed by atoms with van der Waals surface area (Å²) < 4.78 is 0. The molecule has 3 aromatic rings. The normalized spacial score (nSPS) is 15.4. The van der Waals surface area contributed by atoms with E-state index in [9.17, 15) is 0 Å². The van der Waals surface area contributed by atoms with E-state index in [1.807, 2.05) is 24.3 Å². The number of anilines is 1. The van der Waals surface area contributed by atoms with Gasteiger partial charge in [0.2, 0.25) is 0 Å². The summed E-state index contributed by atoms with van der Waals surface area (Å²) in [5.74, 6) is 0.931. The summed E-state index contributed by atoms with van der Waals surface area (Å²) >= 11 is 5.97. The van der Waals surface area contributed by atoms with Crippen LogP contribution in [0.4, 0.5) is 5.82 Å². The van der Waals surface area contributed by atoms with Crippen molar-refractivity contribution in [3.8, 4) is 0 Å². The van der Waals surface area contributed by atoms with Crippen LogP contribution in [-0.4, -0.2) is 48.3 Å². The fourth-order valence-corrected chi connectivity index (χ4v) is 4.21. The summed E-state index contributed by atoms with van der Waals surface area (Å²) in [6.45, 7) is 2.72. The summed E-state index contributed by atoms with van der Waals surface area (Å²) in [4.78, 5) is 6.67. The maximum absolute atomic E-state index is 7.44. The molecule has 0 bridgehead atoms. The molecule has 1 aliphatic heterocycles. The van der Waals surface area contributed by atoms with E-state index in [2.05, 4.69) is 49.7 Å². The van der Waals surface area contributed by atoms with Crippen molar-refractivity contribution in [3.05, 3.63) is 64.8 Å². The standard InChI is InChI=1S/C24H27ClN6/c1-27-22(10-13-26)23-20-4-2-3-5-21(20)24(30-29-23)31-14-11-19(12-15-31)28-16-17-6-8-18(25)9-7-17/h2-9,13,19,26,28H,10-12,14-16H2,1H3. The molecule has 2 aromatic carbocycles. The Bertz CT molecular complexity index is 1070. The predicted octanol–water partition coefficient (Wildman–Crippen LogP) is 4.50. The Balaban J connectivity index is 1.46. The molecule has 1 fully saturated rings. The Morgan fingerprint density at radius 2 is 1.84 bits per heavy atom. The van der Waals surface area contributed by atoms with Crippen molar-refractivity contribution in [2.24, 2.45) is 4.99 Å². The Hall–Kier alpha value is -2.83. The lowest BCUT2D eigenvalue weighted by Crippen LogP contribution is -2.42. The van der Waals surface area contributed by atoms with Crippen LogP contribution in [0.5, 0.6) is 0 Å². The van der Waals surface area contributed by atoms with Gasteiger partial charge >= 0.3 is 0 Å². The zero-order valence-electron chi connectivity index (χ0n) is 17.7. The first kappa shape index (κ1) is 21.4. The second-order valence-electron chi connectivity index (χ2n) is 7.77. The number of rotatable bonds is 7. The molecule has 6 nitrogen and oxygen atoms in total. The summed E-state index contributed by atoms with van der Waals surface area (Å²) in [5, 5.41) is 23.1. The van der Waals surface area contributed by atoms with E-state index in [1.165, 1.54) is 11.8 Å².